The summed E-state index contributed by atoms with van der Waals surface area (Å²) in [6.07, 6.45) is 9.58. The van der Waals surface area contributed by atoms with Crippen LogP contribution in [0.25, 0.3) is 0 Å². The summed E-state index contributed by atoms with van der Waals surface area (Å²) < 4.78 is 0. The second kappa shape index (κ2) is 9.83. The molecule has 1 saturated carbocycles. The third-order valence-corrected chi connectivity index (χ3v) is 5.50. The summed E-state index contributed by atoms with van der Waals surface area (Å²) in [6.45, 7) is 6.00. The molecular weight excluding hydrogens is 340 g/mol. The summed E-state index contributed by atoms with van der Waals surface area (Å²) in [4.78, 5) is 33.6. The highest BCUT2D eigenvalue weighted by Crippen LogP contribution is 2.32. The summed E-state index contributed by atoms with van der Waals surface area (Å²) in [6, 6.07) is 4.55. The molecule has 0 bridgehead atoms. The van der Waals surface area contributed by atoms with Crippen LogP contribution >= 0.6 is 0 Å². The Morgan fingerprint density at radius 1 is 1.19 bits per heavy atom. The first-order valence-electron chi connectivity index (χ1n) is 10.4. The van der Waals surface area contributed by atoms with E-state index in [2.05, 4.69) is 27.0 Å². The van der Waals surface area contributed by atoms with E-state index in [1.54, 1.807) is 12.4 Å². The lowest BCUT2D eigenvalue weighted by molar-refractivity contribution is -0.137. The Morgan fingerprint density at radius 2 is 1.93 bits per heavy atom. The lowest BCUT2D eigenvalue weighted by atomic mass is 10.0. The number of carbonyl (C=O) groups excluding carboxylic acids is 2. The molecule has 27 heavy (non-hydrogen) atoms. The number of pyridine rings is 1. The molecule has 0 radical (unpaired) electrons. The number of nitrogens with zero attached hydrogens (tertiary/aromatic N) is 3. The molecule has 6 nitrogen and oxygen atoms in total. The average molecular weight is 373 g/mol. The highest BCUT2D eigenvalue weighted by molar-refractivity contribution is 5.84. The van der Waals surface area contributed by atoms with Crippen LogP contribution in [0.3, 0.4) is 0 Å². The summed E-state index contributed by atoms with van der Waals surface area (Å²) in [5.74, 6) is 0.0867. The molecule has 0 atom stereocenters. The molecule has 2 amide bonds. The third kappa shape index (κ3) is 6.03. The average Bonchev–Trinajstić information content (AvgIpc) is 3.52. The van der Waals surface area contributed by atoms with Gasteiger partial charge in [0.15, 0.2) is 0 Å². The molecule has 0 aromatic carbocycles. The van der Waals surface area contributed by atoms with E-state index in [9.17, 15) is 9.59 Å². The number of hydrogen-bond donors (Lipinski definition) is 1. The van der Waals surface area contributed by atoms with Gasteiger partial charge in [0.25, 0.3) is 0 Å². The fourth-order valence-corrected chi connectivity index (χ4v) is 3.94. The van der Waals surface area contributed by atoms with Gasteiger partial charge in [-0.05, 0) is 50.3 Å². The fraction of sp³-hybridized carbons (Fsp3) is 0.667. The molecule has 1 aromatic heterocycles. The highest BCUT2D eigenvalue weighted by Gasteiger charge is 2.38. The molecule has 2 aliphatic rings. The zero-order valence-electron chi connectivity index (χ0n) is 16.4. The molecule has 0 unspecified atom stereocenters. The van der Waals surface area contributed by atoms with Crippen LogP contribution in [0.2, 0.25) is 0 Å². The minimum atomic E-state index is -0.0688. The molecule has 1 N–H and O–H groups in total. The molecule has 1 aliphatic carbocycles. The van der Waals surface area contributed by atoms with Gasteiger partial charge in [0.05, 0.1) is 0 Å². The molecule has 1 aliphatic heterocycles. The number of aromatic nitrogens is 1. The maximum Gasteiger partial charge on any atom is 0.223 e. The van der Waals surface area contributed by atoms with Gasteiger partial charge in [0, 0.05) is 57.0 Å². The first-order valence-corrected chi connectivity index (χ1v) is 10.4. The Bertz CT molecular complexity index is 610. The highest BCUT2D eigenvalue weighted by atomic mass is 16.2. The Hall–Kier alpha value is -1.95. The van der Waals surface area contributed by atoms with E-state index < -0.39 is 0 Å². The second-order valence-corrected chi connectivity index (χ2v) is 7.74. The molecule has 0 spiro atoms. The number of piperidine rings is 1. The second-order valence-electron chi connectivity index (χ2n) is 7.74. The molecule has 148 valence electrons. The molecule has 1 saturated heterocycles. The predicted octanol–water partition coefficient (Wildman–Crippen LogP) is 2.34. The number of nitrogens with one attached hydrogen (secondary N) is 1. The maximum atomic E-state index is 12.8. The first kappa shape index (κ1) is 19.8. The molecule has 6 heteroatoms. The normalized spacial score (nSPS) is 18.3. The largest absolute Gasteiger partial charge is 0.352 e. The number of hydrogen-bond acceptors (Lipinski definition) is 4. The van der Waals surface area contributed by atoms with Crippen molar-refractivity contribution in [3.05, 3.63) is 30.1 Å². The van der Waals surface area contributed by atoms with Gasteiger partial charge < -0.3 is 15.1 Å². The number of carbonyl (C=O) groups is 2. The molecule has 1 aromatic rings. The number of rotatable bonds is 9. The van der Waals surface area contributed by atoms with Crippen LogP contribution in [0.15, 0.2) is 24.5 Å². The zero-order chi connectivity index (χ0) is 19.1. The van der Waals surface area contributed by atoms with Crippen molar-refractivity contribution in [2.24, 2.45) is 0 Å². The standard InChI is InChI=1S/C21H32N4O2/c1-2-12-24-13-9-19(10-14-24)25(18-5-6-18)21(27)8-7-20(26)23-16-17-4-3-11-22-15-17/h3-4,11,15,18-19H,2,5-10,12-14,16H2,1H3,(H,23,26). The van der Waals surface area contributed by atoms with Gasteiger partial charge in [-0.15, -0.1) is 0 Å². The van der Waals surface area contributed by atoms with Crippen molar-refractivity contribution >= 4 is 11.8 Å². The minimum Gasteiger partial charge on any atom is -0.352 e. The zero-order valence-corrected chi connectivity index (χ0v) is 16.4. The summed E-state index contributed by atoms with van der Waals surface area (Å²) in [5, 5.41) is 2.88. The van der Waals surface area contributed by atoms with E-state index in [1.165, 1.54) is 6.42 Å². The van der Waals surface area contributed by atoms with Crippen LogP contribution in [0.1, 0.15) is 57.4 Å². The Labute approximate surface area is 162 Å². The lowest BCUT2D eigenvalue weighted by Crippen LogP contribution is -2.48. The topological polar surface area (TPSA) is 65.5 Å². The first-order chi connectivity index (χ1) is 13.2. The van der Waals surface area contributed by atoms with Crippen LogP contribution in [0.4, 0.5) is 0 Å². The van der Waals surface area contributed by atoms with E-state index in [1.807, 2.05) is 12.1 Å². The van der Waals surface area contributed by atoms with Crippen molar-refractivity contribution in [2.45, 2.75) is 70.5 Å². The maximum absolute atomic E-state index is 12.8. The lowest BCUT2D eigenvalue weighted by Gasteiger charge is -2.39. The molecular formula is C21H32N4O2. The smallest absolute Gasteiger partial charge is 0.223 e. The molecule has 2 heterocycles. The SMILES string of the molecule is CCCN1CCC(N(C(=O)CCC(=O)NCc2cccnc2)C2CC2)CC1. The van der Waals surface area contributed by atoms with Crippen molar-refractivity contribution < 1.29 is 9.59 Å². The van der Waals surface area contributed by atoms with Gasteiger partial charge in [0.2, 0.25) is 11.8 Å². The van der Waals surface area contributed by atoms with E-state index >= 15 is 0 Å². The molecule has 3 rings (SSSR count). The van der Waals surface area contributed by atoms with Gasteiger partial charge in [-0.25, -0.2) is 0 Å². The van der Waals surface area contributed by atoms with Crippen molar-refractivity contribution in [1.29, 1.82) is 0 Å². The van der Waals surface area contributed by atoms with Gasteiger partial charge in [0.1, 0.15) is 0 Å². The summed E-state index contributed by atoms with van der Waals surface area (Å²) in [5.41, 5.74) is 0.968. The van der Waals surface area contributed by atoms with Crippen molar-refractivity contribution in [2.75, 3.05) is 19.6 Å². The van der Waals surface area contributed by atoms with Crippen LogP contribution in [0.5, 0.6) is 0 Å². The predicted molar refractivity (Wildman–Crippen MR) is 105 cm³/mol. The fourth-order valence-electron chi connectivity index (χ4n) is 3.94. The van der Waals surface area contributed by atoms with Gasteiger partial charge in [-0.3, -0.25) is 14.6 Å². The van der Waals surface area contributed by atoms with Crippen LogP contribution in [0, 0.1) is 0 Å². The van der Waals surface area contributed by atoms with E-state index in [-0.39, 0.29) is 18.2 Å². The molecule has 2 fully saturated rings. The minimum absolute atomic E-state index is 0.0688. The monoisotopic (exact) mass is 372 g/mol. The number of likely N-dealkylation sites (tertiary alicyclic amines) is 1. The van der Waals surface area contributed by atoms with Crippen molar-refractivity contribution in [3.8, 4) is 0 Å². The van der Waals surface area contributed by atoms with Crippen LogP contribution in [-0.4, -0.2) is 58.3 Å². The van der Waals surface area contributed by atoms with E-state index in [0.29, 0.717) is 25.0 Å². The number of amides is 2. The van der Waals surface area contributed by atoms with Crippen LogP contribution < -0.4 is 5.32 Å². The van der Waals surface area contributed by atoms with Gasteiger partial charge in [-0.1, -0.05) is 13.0 Å². The summed E-state index contributed by atoms with van der Waals surface area (Å²) >= 11 is 0. The van der Waals surface area contributed by atoms with Crippen LogP contribution in [-0.2, 0) is 16.1 Å². The Balaban J connectivity index is 1.43. The van der Waals surface area contributed by atoms with Crippen molar-refractivity contribution in [1.82, 2.24) is 20.1 Å². The third-order valence-electron chi connectivity index (χ3n) is 5.50. The quantitative estimate of drug-likeness (QED) is 0.723. The van der Waals surface area contributed by atoms with Crippen molar-refractivity contribution in [3.63, 3.8) is 0 Å². The Morgan fingerprint density at radius 3 is 2.56 bits per heavy atom. The van der Waals surface area contributed by atoms with Gasteiger partial charge >= 0.3 is 0 Å². The van der Waals surface area contributed by atoms with E-state index in [0.717, 1.165) is 50.9 Å². The van der Waals surface area contributed by atoms with Gasteiger partial charge in [-0.2, -0.15) is 0 Å². The Kier molecular flexibility index (Phi) is 7.21. The van der Waals surface area contributed by atoms with E-state index in [4.69, 9.17) is 0 Å². The summed E-state index contributed by atoms with van der Waals surface area (Å²) in [7, 11) is 0.